The smallest absolute Gasteiger partial charge is 0.128 e. The van der Waals surface area contributed by atoms with Crippen LogP contribution < -0.4 is 4.74 Å². The lowest BCUT2D eigenvalue weighted by molar-refractivity contribution is 0.388. The van der Waals surface area contributed by atoms with Gasteiger partial charge in [0.1, 0.15) is 12.4 Å². The van der Waals surface area contributed by atoms with Crippen molar-refractivity contribution in [3.63, 3.8) is 0 Å². The molecule has 0 amide bonds. The maximum atomic E-state index is 5.45. The summed E-state index contributed by atoms with van der Waals surface area (Å²) in [7, 11) is 0. The van der Waals surface area contributed by atoms with Gasteiger partial charge in [0.25, 0.3) is 0 Å². The maximum Gasteiger partial charge on any atom is 0.128 e. The highest BCUT2D eigenvalue weighted by molar-refractivity contribution is 5.74. The molecule has 1 heterocycles. The SMILES string of the molecule is C=CC=C=C1COc2ccccc21. The molecule has 0 unspecified atom stereocenters. The Bertz CT molecular complexity index is 395. The summed E-state index contributed by atoms with van der Waals surface area (Å²) in [6, 6.07) is 7.99. The van der Waals surface area contributed by atoms with Crippen molar-refractivity contribution in [2.75, 3.05) is 6.61 Å². The van der Waals surface area contributed by atoms with Crippen LogP contribution in [0.5, 0.6) is 5.75 Å². The van der Waals surface area contributed by atoms with Gasteiger partial charge in [-0.3, -0.25) is 0 Å². The minimum atomic E-state index is 0.615. The average molecular weight is 170 g/mol. The van der Waals surface area contributed by atoms with Gasteiger partial charge in [-0.15, -0.1) is 5.73 Å². The second-order valence-corrected chi connectivity index (χ2v) is 2.81. The third kappa shape index (κ3) is 1.42. The molecule has 13 heavy (non-hydrogen) atoms. The summed E-state index contributed by atoms with van der Waals surface area (Å²) < 4.78 is 5.45. The zero-order chi connectivity index (χ0) is 9.10. The van der Waals surface area contributed by atoms with Crippen molar-refractivity contribution in [2.24, 2.45) is 0 Å². The molecule has 1 aromatic carbocycles. The molecule has 1 aliphatic rings. The van der Waals surface area contributed by atoms with Crippen molar-refractivity contribution in [3.8, 4) is 5.75 Å². The fourth-order valence-corrected chi connectivity index (χ4v) is 1.35. The Kier molecular flexibility index (Phi) is 2.03. The van der Waals surface area contributed by atoms with E-state index >= 15 is 0 Å². The molecule has 1 heteroatoms. The summed E-state index contributed by atoms with van der Waals surface area (Å²) in [5, 5.41) is 0. The average Bonchev–Trinajstić information content (AvgIpc) is 2.58. The van der Waals surface area contributed by atoms with E-state index in [1.54, 1.807) is 12.2 Å². The molecular formula is C12H10O. The van der Waals surface area contributed by atoms with Crippen LogP contribution in [0.1, 0.15) is 5.56 Å². The van der Waals surface area contributed by atoms with E-state index in [1.165, 1.54) is 0 Å². The standard InChI is InChI=1S/C12H10O/c1-2-3-6-10-9-13-12-8-5-4-7-11(10)12/h2-5,7-8H,1,9H2. The van der Waals surface area contributed by atoms with E-state index < -0.39 is 0 Å². The lowest BCUT2D eigenvalue weighted by Gasteiger charge is -1.93. The van der Waals surface area contributed by atoms with Crippen LogP contribution in [-0.4, -0.2) is 6.61 Å². The first-order valence-electron chi connectivity index (χ1n) is 4.20. The summed E-state index contributed by atoms with van der Waals surface area (Å²) in [5.74, 6) is 0.947. The van der Waals surface area contributed by atoms with Crippen molar-refractivity contribution in [3.05, 3.63) is 54.3 Å². The lowest BCUT2D eigenvalue weighted by Crippen LogP contribution is -1.85. The Morgan fingerprint density at radius 3 is 3.08 bits per heavy atom. The number of benzene rings is 1. The van der Waals surface area contributed by atoms with E-state index in [-0.39, 0.29) is 0 Å². The molecule has 0 bridgehead atoms. The topological polar surface area (TPSA) is 9.23 Å². The molecule has 1 aliphatic heterocycles. The van der Waals surface area contributed by atoms with Gasteiger partial charge in [-0.25, -0.2) is 0 Å². The first kappa shape index (κ1) is 7.90. The van der Waals surface area contributed by atoms with Crippen molar-refractivity contribution in [1.82, 2.24) is 0 Å². The van der Waals surface area contributed by atoms with Gasteiger partial charge in [0.15, 0.2) is 0 Å². The normalized spacial score (nSPS) is 12.8. The fraction of sp³-hybridized carbons (Fsp3) is 0.0833. The molecule has 1 nitrogen and oxygen atoms in total. The Morgan fingerprint density at radius 1 is 1.38 bits per heavy atom. The molecule has 1 aromatic rings. The molecule has 0 N–H and O–H groups in total. The number of hydrogen-bond donors (Lipinski definition) is 0. The van der Waals surface area contributed by atoms with Gasteiger partial charge in [0.2, 0.25) is 0 Å². The number of rotatable bonds is 1. The van der Waals surface area contributed by atoms with Crippen molar-refractivity contribution < 1.29 is 4.74 Å². The molecule has 0 aromatic heterocycles. The third-order valence-corrected chi connectivity index (χ3v) is 1.96. The Balaban J connectivity index is 2.50. The second-order valence-electron chi connectivity index (χ2n) is 2.81. The van der Waals surface area contributed by atoms with Crippen LogP contribution in [0, 0.1) is 0 Å². The zero-order valence-electron chi connectivity index (χ0n) is 7.29. The molecule has 2 rings (SSSR count). The summed E-state index contributed by atoms with van der Waals surface area (Å²) >= 11 is 0. The van der Waals surface area contributed by atoms with E-state index in [9.17, 15) is 0 Å². The fourth-order valence-electron chi connectivity index (χ4n) is 1.35. The number of fused-ring (bicyclic) bond motifs is 1. The molecular weight excluding hydrogens is 160 g/mol. The summed E-state index contributed by atoms with van der Waals surface area (Å²) in [6.45, 7) is 4.22. The van der Waals surface area contributed by atoms with Crippen LogP contribution in [0.2, 0.25) is 0 Å². The Morgan fingerprint density at radius 2 is 2.23 bits per heavy atom. The third-order valence-electron chi connectivity index (χ3n) is 1.96. The molecule has 0 aliphatic carbocycles. The number of hydrogen-bond acceptors (Lipinski definition) is 1. The predicted molar refractivity (Wildman–Crippen MR) is 53.6 cm³/mol. The van der Waals surface area contributed by atoms with Gasteiger partial charge < -0.3 is 4.74 Å². The van der Waals surface area contributed by atoms with Gasteiger partial charge in [-0.05, 0) is 12.1 Å². The largest absolute Gasteiger partial charge is 0.488 e. The summed E-state index contributed by atoms with van der Waals surface area (Å²) in [5.41, 5.74) is 5.37. The highest BCUT2D eigenvalue weighted by Crippen LogP contribution is 2.31. The van der Waals surface area contributed by atoms with Crippen molar-refractivity contribution in [2.45, 2.75) is 0 Å². The van der Waals surface area contributed by atoms with Crippen LogP contribution >= 0.6 is 0 Å². The van der Waals surface area contributed by atoms with Crippen molar-refractivity contribution >= 4 is 5.57 Å². The molecule has 0 saturated carbocycles. The maximum absolute atomic E-state index is 5.45. The molecule has 0 radical (unpaired) electrons. The van der Waals surface area contributed by atoms with Gasteiger partial charge in [-0.2, -0.15) is 0 Å². The number of allylic oxidation sites excluding steroid dienone is 1. The molecule has 64 valence electrons. The van der Waals surface area contributed by atoms with E-state index in [2.05, 4.69) is 12.3 Å². The minimum Gasteiger partial charge on any atom is -0.488 e. The van der Waals surface area contributed by atoms with Crippen LogP contribution in [0.25, 0.3) is 5.57 Å². The Labute approximate surface area is 77.7 Å². The Hall–Kier alpha value is -1.72. The predicted octanol–water partition coefficient (Wildman–Crippen LogP) is 2.80. The highest BCUT2D eigenvalue weighted by Gasteiger charge is 2.15. The van der Waals surface area contributed by atoms with Gasteiger partial charge in [0, 0.05) is 11.1 Å². The monoisotopic (exact) mass is 170 g/mol. The first-order chi connectivity index (χ1) is 6.42. The first-order valence-corrected chi connectivity index (χ1v) is 4.20. The summed E-state index contributed by atoms with van der Waals surface area (Å²) in [4.78, 5) is 0. The van der Waals surface area contributed by atoms with Crippen LogP contribution in [0.15, 0.2) is 48.7 Å². The lowest BCUT2D eigenvalue weighted by atomic mass is 10.1. The highest BCUT2D eigenvalue weighted by atomic mass is 16.5. The molecule has 0 fully saturated rings. The summed E-state index contributed by atoms with van der Waals surface area (Å²) in [6.07, 6.45) is 3.52. The minimum absolute atomic E-state index is 0.615. The molecule has 0 spiro atoms. The van der Waals surface area contributed by atoms with Gasteiger partial charge >= 0.3 is 0 Å². The van der Waals surface area contributed by atoms with E-state index in [4.69, 9.17) is 4.74 Å². The number of para-hydroxylation sites is 1. The van der Waals surface area contributed by atoms with E-state index in [1.807, 2.05) is 24.3 Å². The zero-order valence-corrected chi connectivity index (χ0v) is 7.29. The van der Waals surface area contributed by atoms with Crippen LogP contribution in [0.3, 0.4) is 0 Å². The second kappa shape index (κ2) is 3.34. The van der Waals surface area contributed by atoms with Gasteiger partial charge in [-0.1, -0.05) is 30.9 Å². The van der Waals surface area contributed by atoms with E-state index in [0.29, 0.717) is 6.61 Å². The van der Waals surface area contributed by atoms with Crippen molar-refractivity contribution in [1.29, 1.82) is 0 Å². The van der Waals surface area contributed by atoms with Crippen LogP contribution in [-0.2, 0) is 0 Å². The number of ether oxygens (including phenoxy) is 1. The van der Waals surface area contributed by atoms with E-state index in [0.717, 1.165) is 16.9 Å². The quantitative estimate of drug-likeness (QED) is 0.465. The van der Waals surface area contributed by atoms with Gasteiger partial charge in [0.05, 0.1) is 0 Å². The van der Waals surface area contributed by atoms with Crippen LogP contribution in [0.4, 0.5) is 0 Å². The molecule has 0 atom stereocenters. The molecule has 0 saturated heterocycles.